The van der Waals surface area contributed by atoms with Crippen molar-refractivity contribution >= 4 is 5.91 Å². The van der Waals surface area contributed by atoms with E-state index in [1.807, 2.05) is 14.0 Å². The van der Waals surface area contributed by atoms with Gasteiger partial charge in [0.05, 0.1) is 6.04 Å². The maximum Gasteiger partial charge on any atom is 0.224 e. The van der Waals surface area contributed by atoms with Gasteiger partial charge in [-0.25, -0.2) is 4.39 Å². The van der Waals surface area contributed by atoms with E-state index in [1.54, 1.807) is 12.1 Å². The van der Waals surface area contributed by atoms with E-state index in [0.717, 1.165) is 18.4 Å². The molecule has 2 N–H and O–H groups in total. The molecular weight excluding hydrogens is 267 g/mol. The largest absolute Gasteiger partial charge is 0.349 e. The molecule has 21 heavy (non-hydrogen) atoms. The first-order chi connectivity index (χ1) is 10.1. The number of halogens is 1. The fourth-order valence-electron chi connectivity index (χ4n) is 3.13. The first-order valence-corrected chi connectivity index (χ1v) is 7.82. The highest BCUT2D eigenvalue weighted by molar-refractivity contribution is 5.79. The van der Waals surface area contributed by atoms with E-state index < -0.39 is 0 Å². The quantitative estimate of drug-likeness (QED) is 0.846. The molecule has 0 spiro atoms. The number of benzene rings is 1. The van der Waals surface area contributed by atoms with Gasteiger partial charge < -0.3 is 10.6 Å². The van der Waals surface area contributed by atoms with Crippen molar-refractivity contribution in [3.05, 3.63) is 35.6 Å². The lowest BCUT2D eigenvalue weighted by Crippen LogP contribution is -2.39. The highest BCUT2D eigenvalue weighted by atomic mass is 19.1. The van der Waals surface area contributed by atoms with Gasteiger partial charge in [0.15, 0.2) is 0 Å². The van der Waals surface area contributed by atoms with E-state index in [1.165, 1.54) is 25.0 Å². The molecule has 1 fully saturated rings. The molecule has 1 saturated carbocycles. The highest BCUT2D eigenvalue weighted by Crippen LogP contribution is 2.35. The molecule has 1 aromatic rings. The van der Waals surface area contributed by atoms with E-state index >= 15 is 0 Å². The molecule has 0 aromatic heterocycles. The fourth-order valence-corrected chi connectivity index (χ4v) is 3.13. The van der Waals surface area contributed by atoms with E-state index in [2.05, 4.69) is 10.6 Å². The van der Waals surface area contributed by atoms with E-state index in [9.17, 15) is 9.18 Å². The van der Waals surface area contributed by atoms with Crippen LogP contribution in [0.5, 0.6) is 0 Å². The van der Waals surface area contributed by atoms with Gasteiger partial charge in [0.1, 0.15) is 5.82 Å². The Balaban J connectivity index is 2.12. The Bertz CT molecular complexity index is 454. The second-order valence-corrected chi connectivity index (χ2v) is 6.04. The first-order valence-electron chi connectivity index (χ1n) is 7.82. The Morgan fingerprint density at radius 1 is 1.29 bits per heavy atom. The number of hydrogen-bond donors (Lipinski definition) is 2. The Morgan fingerprint density at radius 3 is 2.48 bits per heavy atom. The average Bonchev–Trinajstić information content (AvgIpc) is 3.00. The summed E-state index contributed by atoms with van der Waals surface area (Å²) in [6, 6.07) is 6.53. The van der Waals surface area contributed by atoms with Crippen molar-refractivity contribution in [1.29, 1.82) is 0 Å². The maximum absolute atomic E-state index is 13.1. The molecule has 2 unspecified atom stereocenters. The summed E-state index contributed by atoms with van der Waals surface area (Å²) in [5.41, 5.74) is 1.01. The molecule has 0 heterocycles. The lowest BCUT2D eigenvalue weighted by Gasteiger charge is -2.26. The van der Waals surface area contributed by atoms with Gasteiger partial charge in [-0.1, -0.05) is 31.9 Å². The normalized spacial score (nSPS) is 18.4. The van der Waals surface area contributed by atoms with Crippen molar-refractivity contribution in [3.8, 4) is 0 Å². The monoisotopic (exact) mass is 292 g/mol. The van der Waals surface area contributed by atoms with Gasteiger partial charge in [-0.15, -0.1) is 0 Å². The van der Waals surface area contributed by atoms with Crippen molar-refractivity contribution in [2.75, 3.05) is 13.6 Å². The van der Waals surface area contributed by atoms with Crippen molar-refractivity contribution in [2.45, 2.75) is 38.6 Å². The van der Waals surface area contributed by atoms with Crippen LogP contribution in [0.1, 0.15) is 44.2 Å². The molecule has 1 aliphatic carbocycles. The van der Waals surface area contributed by atoms with Crippen LogP contribution in [0.4, 0.5) is 4.39 Å². The van der Waals surface area contributed by atoms with Gasteiger partial charge >= 0.3 is 0 Å². The topological polar surface area (TPSA) is 41.1 Å². The van der Waals surface area contributed by atoms with E-state index in [0.29, 0.717) is 12.5 Å². The summed E-state index contributed by atoms with van der Waals surface area (Å²) in [5, 5.41) is 6.21. The van der Waals surface area contributed by atoms with Crippen LogP contribution in [0.15, 0.2) is 24.3 Å². The summed E-state index contributed by atoms with van der Waals surface area (Å²) >= 11 is 0. The van der Waals surface area contributed by atoms with Crippen LogP contribution in [0.3, 0.4) is 0 Å². The molecule has 1 amide bonds. The van der Waals surface area contributed by atoms with Gasteiger partial charge in [0.25, 0.3) is 0 Å². The van der Waals surface area contributed by atoms with Crippen molar-refractivity contribution in [1.82, 2.24) is 10.6 Å². The third kappa shape index (κ3) is 4.27. The van der Waals surface area contributed by atoms with E-state index in [4.69, 9.17) is 0 Å². The van der Waals surface area contributed by atoms with Crippen LogP contribution < -0.4 is 10.6 Å². The molecule has 4 heteroatoms. The molecule has 0 radical (unpaired) electrons. The summed E-state index contributed by atoms with van der Waals surface area (Å²) in [5.74, 6) is 0.213. The molecule has 2 atom stereocenters. The van der Waals surface area contributed by atoms with E-state index in [-0.39, 0.29) is 23.7 Å². The zero-order valence-corrected chi connectivity index (χ0v) is 12.9. The number of amides is 1. The molecule has 2 rings (SSSR count). The first kappa shape index (κ1) is 16.0. The minimum Gasteiger partial charge on any atom is -0.349 e. The van der Waals surface area contributed by atoms with Gasteiger partial charge in [0, 0.05) is 12.5 Å². The van der Waals surface area contributed by atoms with Crippen LogP contribution in [0.2, 0.25) is 0 Å². The maximum atomic E-state index is 13.1. The zero-order chi connectivity index (χ0) is 15.2. The predicted molar refractivity (Wildman–Crippen MR) is 82.3 cm³/mol. The van der Waals surface area contributed by atoms with Crippen molar-refractivity contribution in [2.24, 2.45) is 11.8 Å². The van der Waals surface area contributed by atoms with Crippen molar-refractivity contribution in [3.63, 3.8) is 0 Å². The third-order valence-corrected chi connectivity index (χ3v) is 4.36. The number of rotatable bonds is 6. The Morgan fingerprint density at radius 2 is 1.90 bits per heavy atom. The summed E-state index contributed by atoms with van der Waals surface area (Å²) in [6.45, 7) is 2.58. The van der Waals surface area contributed by atoms with Crippen molar-refractivity contribution < 1.29 is 9.18 Å². The third-order valence-electron chi connectivity index (χ3n) is 4.36. The summed E-state index contributed by atoms with van der Waals surface area (Å²) < 4.78 is 13.1. The number of nitrogens with one attached hydrogen (secondary N) is 2. The number of carbonyl (C=O) groups is 1. The molecule has 3 nitrogen and oxygen atoms in total. The van der Waals surface area contributed by atoms with Crippen LogP contribution in [-0.4, -0.2) is 19.5 Å². The SMILES string of the molecule is CNCC(C)C(=O)NC(c1ccc(F)cc1)C1CCCC1. The van der Waals surface area contributed by atoms with Crippen LogP contribution in [0, 0.1) is 17.7 Å². The minimum atomic E-state index is -0.237. The Hall–Kier alpha value is -1.42. The molecule has 0 aliphatic heterocycles. The summed E-state index contributed by atoms with van der Waals surface area (Å²) in [6.07, 6.45) is 4.68. The fraction of sp³-hybridized carbons (Fsp3) is 0.588. The lowest BCUT2D eigenvalue weighted by molar-refractivity contribution is -0.125. The summed E-state index contributed by atoms with van der Waals surface area (Å²) in [4.78, 5) is 12.3. The smallest absolute Gasteiger partial charge is 0.224 e. The second-order valence-electron chi connectivity index (χ2n) is 6.04. The molecule has 116 valence electrons. The van der Waals surface area contributed by atoms with Crippen LogP contribution in [0.25, 0.3) is 0 Å². The lowest BCUT2D eigenvalue weighted by atomic mass is 9.91. The van der Waals surface area contributed by atoms with Crippen LogP contribution >= 0.6 is 0 Å². The Labute approximate surface area is 126 Å². The highest BCUT2D eigenvalue weighted by Gasteiger charge is 2.28. The number of hydrogen-bond acceptors (Lipinski definition) is 2. The van der Waals surface area contributed by atoms with Gasteiger partial charge in [-0.2, -0.15) is 0 Å². The molecular formula is C17H25FN2O. The number of carbonyl (C=O) groups excluding carboxylic acids is 1. The summed E-state index contributed by atoms with van der Waals surface area (Å²) in [7, 11) is 1.85. The molecule has 1 aliphatic rings. The average molecular weight is 292 g/mol. The molecule has 1 aromatic carbocycles. The molecule has 0 saturated heterocycles. The van der Waals surface area contributed by atoms with Gasteiger partial charge in [-0.3, -0.25) is 4.79 Å². The standard InChI is InChI=1S/C17H25FN2O/c1-12(11-19-2)17(21)20-16(13-5-3-4-6-13)14-7-9-15(18)10-8-14/h7-10,12-13,16,19H,3-6,11H2,1-2H3,(H,20,21). The second kappa shape index (κ2) is 7.55. The molecule has 0 bridgehead atoms. The van der Waals surface area contributed by atoms with Gasteiger partial charge in [0.2, 0.25) is 5.91 Å². The zero-order valence-electron chi connectivity index (χ0n) is 12.9. The minimum absolute atomic E-state index is 0.0000869. The van der Waals surface area contributed by atoms with Crippen LogP contribution in [-0.2, 0) is 4.79 Å². The predicted octanol–water partition coefficient (Wildman–Crippen LogP) is 3.03. The van der Waals surface area contributed by atoms with Gasteiger partial charge in [-0.05, 0) is 43.5 Å². The Kier molecular flexibility index (Phi) is 5.74.